The molecule has 1 aliphatic heterocycles. The van der Waals surface area contributed by atoms with Gasteiger partial charge < -0.3 is 15.5 Å². The molecule has 138 valence electrons. The van der Waals surface area contributed by atoms with Crippen LogP contribution >= 0.6 is 0 Å². The molecule has 2 fully saturated rings. The molecular weight excluding hydrogens is 315 g/mol. The lowest BCUT2D eigenvalue weighted by Crippen LogP contribution is -2.43. The molecule has 0 aromatic heterocycles. The van der Waals surface area contributed by atoms with Crippen LogP contribution in [-0.2, 0) is 5.41 Å². The molecule has 2 N–H and O–H groups in total. The lowest BCUT2D eigenvalue weighted by molar-refractivity contribution is 0.287. The monoisotopic (exact) mass is 346 g/mol. The number of likely N-dealkylation sites (tertiary alicyclic amines) is 1. The molecule has 5 heteroatoms. The van der Waals surface area contributed by atoms with Gasteiger partial charge in [-0.2, -0.15) is 0 Å². The van der Waals surface area contributed by atoms with Gasteiger partial charge in [0.1, 0.15) is 5.82 Å². The number of guanidine groups is 1. The zero-order valence-corrected chi connectivity index (χ0v) is 15.5. The van der Waals surface area contributed by atoms with E-state index >= 15 is 0 Å². The summed E-state index contributed by atoms with van der Waals surface area (Å²) in [6.45, 7) is 7.64. The fourth-order valence-corrected chi connectivity index (χ4v) is 3.75. The van der Waals surface area contributed by atoms with Crippen molar-refractivity contribution >= 4 is 5.96 Å². The average Bonchev–Trinajstić information content (AvgIpc) is 3.23. The molecule has 1 saturated heterocycles. The van der Waals surface area contributed by atoms with Crippen molar-refractivity contribution < 1.29 is 4.39 Å². The molecule has 0 amide bonds. The van der Waals surface area contributed by atoms with Crippen LogP contribution in [0.25, 0.3) is 0 Å². The minimum atomic E-state index is -0.151. The van der Waals surface area contributed by atoms with E-state index in [1.54, 1.807) is 12.1 Å². The van der Waals surface area contributed by atoms with Crippen molar-refractivity contribution in [1.82, 2.24) is 15.5 Å². The van der Waals surface area contributed by atoms with E-state index in [1.165, 1.54) is 32.0 Å². The van der Waals surface area contributed by atoms with E-state index in [-0.39, 0.29) is 11.2 Å². The maximum Gasteiger partial charge on any atom is 0.191 e. The molecule has 0 radical (unpaired) electrons. The second kappa shape index (κ2) is 8.17. The van der Waals surface area contributed by atoms with Crippen molar-refractivity contribution in [2.24, 2.45) is 10.9 Å². The molecule has 1 aromatic carbocycles. The highest BCUT2D eigenvalue weighted by Gasteiger charge is 2.44. The Morgan fingerprint density at radius 2 is 2.04 bits per heavy atom. The van der Waals surface area contributed by atoms with Crippen LogP contribution in [0.3, 0.4) is 0 Å². The first-order chi connectivity index (χ1) is 12.1. The quantitative estimate of drug-likeness (QED) is 0.589. The van der Waals surface area contributed by atoms with E-state index in [0.717, 1.165) is 44.0 Å². The SMILES string of the molecule is CN=C(NCC(C)CN1CCCC1)NCC1(c2cccc(F)c2)CC1. The van der Waals surface area contributed by atoms with Gasteiger partial charge in [-0.15, -0.1) is 0 Å². The van der Waals surface area contributed by atoms with Crippen molar-refractivity contribution in [3.05, 3.63) is 35.6 Å². The Kier molecular flexibility index (Phi) is 5.94. The number of rotatable bonds is 7. The lowest BCUT2D eigenvalue weighted by atomic mass is 9.96. The highest BCUT2D eigenvalue weighted by atomic mass is 19.1. The first-order valence-electron chi connectivity index (χ1n) is 9.54. The van der Waals surface area contributed by atoms with Crippen molar-refractivity contribution in [2.45, 2.75) is 38.0 Å². The van der Waals surface area contributed by atoms with Crippen molar-refractivity contribution in [2.75, 3.05) is 39.8 Å². The van der Waals surface area contributed by atoms with Crippen LogP contribution in [0.4, 0.5) is 4.39 Å². The van der Waals surface area contributed by atoms with Crippen LogP contribution in [-0.4, -0.2) is 50.6 Å². The van der Waals surface area contributed by atoms with Gasteiger partial charge in [0.05, 0.1) is 0 Å². The van der Waals surface area contributed by atoms with Gasteiger partial charge in [-0.1, -0.05) is 19.1 Å². The molecule has 25 heavy (non-hydrogen) atoms. The zero-order valence-electron chi connectivity index (χ0n) is 15.5. The first-order valence-corrected chi connectivity index (χ1v) is 9.54. The van der Waals surface area contributed by atoms with E-state index in [9.17, 15) is 4.39 Å². The van der Waals surface area contributed by atoms with Gasteiger partial charge in [-0.25, -0.2) is 4.39 Å². The van der Waals surface area contributed by atoms with E-state index in [1.807, 2.05) is 13.1 Å². The van der Waals surface area contributed by atoms with E-state index in [0.29, 0.717) is 5.92 Å². The Hall–Kier alpha value is -1.62. The highest BCUT2D eigenvalue weighted by molar-refractivity contribution is 5.79. The Bertz CT molecular complexity index is 591. The number of hydrogen-bond acceptors (Lipinski definition) is 2. The van der Waals surface area contributed by atoms with Crippen molar-refractivity contribution in [3.63, 3.8) is 0 Å². The molecule has 2 aliphatic rings. The first kappa shape index (κ1) is 18.2. The van der Waals surface area contributed by atoms with Gasteiger partial charge in [0.15, 0.2) is 5.96 Å². The summed E-state index contributed by atoms with van der Waals surface area (Å²) in [6, 6.07) is 7.02. The number of nitrogens with one attached hydrogen (secondary N) is 2. The maximum absolute atomic E-state index is 13.5. The summed E-state index contributed by atoms with van der Waals surface area (Å²) in [5.74, 6) is 1.28. The van der Waals surface area contributed by atoms with Crippen LogP contribution in [0, 0.1) is 11.7 Å². The highest BCUT2D eigenvalue weighted by Crippen LogP contribution is 2.47. The smallest absolute Gasteiger partial charge is 0.191 e. The minimum absolute atomic E-state index is 0.0703. The van der Waals surface area contributed by atoms with Crippen LogP contribution < -0.4 is 10.6 Å². The van der Waals surface area contributed by atoms with Crippen molar-refractivity contribution in [1.29, 1.82) is 0 Å². The molecule has 1 aliphatic carbocycles. The van der Waals surface area contributed by atoms with Crippen LogP contribution in [0.5, 0.6) is 0 Å². The summed E-state index contributed by atoms with van der Waals surface area (Å²) in [5.41, 5.74) is 1.17. The Morgan fingerprint density at radius 1 is 1.28 bits per heavy atom. The predicted octanol–water partition coefficient (Wildman–Crippen LogP) is 2.75. The standard InChI is InChI=1S/C20H31FN4/c1-16(14-25-10-3-4-11-25)13-23-19(22-2)24-15-20(8-9-20)17-6-5-7-18(21)12-17/h5-7,12,16H,3-4,8-11,13-15H2,1-2H3,(H2,22,23,24). The van der Waals surface area contributed by atoms with E-state index in [4.69, 9.17) is 0 Å². The largest absolute Gasteiger partial charge is 0.356 e. The van der Waals surface area contributed by atoms with Crippen molar-refractivity contribution in [3.8, 4) is 0 Å². The maximum atomic E-state index is 13.5. The van der Waals surface area contributed by atoms with Crippen LogP contribution in [0.15, 0.2) is 29.3 Å². The number of halogens is 1. The number of nitrogens with zero attached hydrogens (tertiary/aromatic N) is 2. The van der Waals surface area contributed by atoms with Gasteiger partial charge in [-0.05, 0) is 62.4 Å². The van der Waals surface area contributed by atoms with Gasteiger partial charge in [0.25, 0.3) is 0 Å². The third-order valence-electron chi connectivity index (χ3n) is 5.49. The predicted molar refractivity (Wildman–Crippen MR) is 102 cm³/mol. The molecule has 4 nitrogen and oxygen atoms in total. The Morgan fingerprint density at radius 3 is 2.68 bits per heavy atom. The minimum Gasteiger partial charge on any atom is -0.356 e. The Labute approximate surface area is 150 Å². The third kappa shape index (κ3) is 4.94. The molecule has 0 bridgehead atoms. The summed E-state index contributed by atoms with van der Waals surface area (Å²) in [4.78, 5) is 6.89. The molecule has 1 atom stereocenters. The van der Waals surface area contributed by atoms with Gasteiger partial charge in [0, 0.05) is 32.1 Å². The molecule has 1 unspecified atom stereocenters. The van der Waals surface area contributed by atoms with E-state index < -0.39 is 0 Å². The van der Waals surface area contributed by atoms with Crippen LogP contribution in [0.2, 0.25) is 0 Å². The lowest BCUT2D eigenvalue weighted by Gasteiger charge is -2.23. The Balaban J connectivity index is 1.44. The molecule has 1 heterocycles. The van der Waals surface area contributed by atoms with E-state index in [2.05, 4.69) is 27.4 Å². The number of benzene rings is 1. The normalized spacial score (nSPS) is 21.2. The zero-order chi connectivity index (χ0) is 17.7. The second-order valence-corrected chi connectivity index (χ2v) is 7.71. The summed E-state index contributed by atoms with van der Waals surface area (Å²) >= 11 is 0. The number of aliphatic imine (C=N–C) groups is 1. The molecule has 0 spiro atoms. The fourth-order valence-electron chi connectivity index (χ4n) is 3.75. The second-order valence-electron chi connectivity index (χ2n) is 7.71. The fraction of sp³-hybridized carbons (Fsp3) is 0.650. The summed E-state index contributed by atoms with van der Waals surface area (Å²) in [7, 11) is 1.81. The van der Waals surface area contributed by atoms with Gasteiger partial charge in [-0.3, -0.25) is 4.99 Å². The average molecular weight is 346 g/mol. The molecule has 1 saturated carbocycles. The third-order valence-corrected chi connectivity index (χ3v) is 5.49. The van der Waals surface area contributed by atoms with Gasteiger partial charge >= 0.3 is 0 Å². The summed E-state index contributed by atoms with van der Waals surface area (Å²) < 4.78 is 13.5. The molecule has 1 aromatic rings. The number of hydrogen-bond donors (Lipinski definition) is 2. The topological polar surface area (TPSA) is 39.7 Å². The summed E-state index contributed by atoms with van der Waals surface area (Å²) in [6.07, 6.45) is 4.88. The molecule has 3 rings (SSSR count). The van der Waals surface area contributed by atoms with Crippen LogP contribution in [0.1, 0.15) is 38.2 Å². The van der Waals surface area contributed by atoms with Gasteiger partial charge in [0.2, 0.25) is 0 Å². The molecular formula is C20H31FN4. The summed E-state index contributed by atoms with van der Waals surface area (Å²) in [5, 5.41) is 6.89.